The van der Waals surface area contributed by atoms with Gasteiger partial charge in [0.15, 0.2) is 5.16 Å². The molecule has 1 aliphatic carbocycles. The van der Waals surface area contributed by atoms with Crippen molar-refractivity contribution in [1.82, 2.24) is 14.9 Å². The van der Waals surface area contributed by atoms with Crippen molar-refractivity contribution in [2.24, 2.45) is 5.92 Å². The van der Waals surface area contributed by atoms with Gasteiger partial charge in [0.25, 0.3) is 0 Å². The van der Waals surface area contributed by atoms with Crippen molar-refractivity contribution in [2.75, 3.05) is 5.75 Å². The summed E-state index contributed by atoms with van der Waals surface area (Å²) >= 11 is 4.97. The van der Waals surface area contributed by atoms with Crippen LogP contribution in [0.2, 0.25) is 0 Å². The molecular formula is C18H22BrN3OS. The van der Waals surface area contributed by atoms with Gasteiger partial charge < -0.3 is 9.88 Å². The standard InChI is InChI=1S/C18H22BrN3OS/c1-3-22-16(14-6-8-15(19)9-7-14)10-20-18(22)24-11-17(23)21-12(2)13-4-5-13/h6-10,12-13H,3-5,11H2,1-2H3,(H,21,23)/t12-/m0/s1. The Bertz CT molecular complexity index is 710. The van der Waals surface area contributed by atoms with Gasteiger partial charge in [0.05, 0.1) is 17.6 Å². The van der Waals surface area contributed by atoms with Crippen LogP contribution in [0.5, 0.6) is 0 Å². The largest absolute Gasteiger partial charge is 0.353 e. The Morgan fingerprint density at radius 3 is 2.75 bits per heavy atom. The summed E-state index contributed by atoms with van der Waals surface area (Å²) in [6, 6.07) is 8.50. The lowest BCUT2D eigenvalue weighted by atomic mass is 10.2. The highest BCUT2D eigenvalue weighted by Gasteiger charge is 2.28. The van der Waals surface area contributed by atoms with Gasteiger partial charge >= 0.3 is 0 Å². The number of nitrogens with zero attached hydrogens (tertiary/aromatic N) is 2. The third-order valence-electron chi connectivity index (χ3n) is 4.33. The van der Waals surface area contributed by atoms with Crippen LogP contribution in [0.3, 0.4) is 0 Å². The molecule has 1 fully saturated rings. The number of aromatic nitrogens is 2. The summed E-state index contributed by atoms with van der Waals surface area (Å²) in [6.07, 6.45) is 4.37. The lowest BCUT2D eigenvalue weighted by molar-refractivity contribution is -0.119. The van der Waals surface area contributed by atoms with Gasteiger partial charge in [-0.25, -0.2) is 4.98 Å². The van der Waals surface area contributed by atoms with Gasteiger partial charge in [0, 0.05) is 17.1 Å². The summed E-state index contributed by atoms with van der Waals surface area (Å²) in [5, 5.41) is 3.99. The molecule has 24 heavy (non-hydrogen) atoms. The second kappa shape index (κ2) is 7.74. The molecule has 1 heterocycles. The third kappa shape index (κ3) is 4.22. The van der Waals surface area contributed by atoms with E-state index >= 15 is 0 Å². The summed E-state index contributed by atoms with van der Waals surface area (Å²) in [6.45, 7) is 5.02. The number of carbonyl (C=O) groups excluding carboxylic acids is 1. The van der Waals surface area contributed by atoms with E-state index in [1.54, 1.807) is 0 Å². The molecular weight excluding hydrogens is 386 g/mol. The molecule has 2 aromatic rings. The van der Waals surface area contributed by atoms with Gasteiger partial charge in [-0.15, -0.1) is 0 Å². The SMILES string of the molecule is CCn1c(-c2ccc(Br)cc2)cnc1SCC(=O)N[C@@H](C)C1CC1. The van der Waals surface area contributed by atoms with Crippen LogP contribution in [0.1, 0.15) is 26.7 Å². The van der Waals surface area contributed by atoms with Crippen molar-refractivity contribution in [3.8, 4) is 11.3 Å². The van der Waals surface area contributed by atoms with Crippen LogP contribution in [-0.4, -0.2) is 27.3 Å². The van der Waals surface area contributed by atoms with Gasteiger partial charge in [-0.05, 0) is 50.3 Å². The fraction of sp³-hybridized carbons (Fsp3) is 0.444. The summed E-state index contributed by atoms with van der Waals surface area (Å²) < 4.78 is 3.22. The van der Waals surface area contributed by atoms with E-state index < -0.39 is 0 Å². The first-order chi connectivity index (χ1) is 11.6. The van der Waals surface area contributed by atoms with Crippen molar-refractivity contribution in [1.29, 1.82) is 0 Å². The van der Waals surface area contributed by atoms with E-state index in [0.29, 0.717) is 17.7 Å². The Kier molecular flexibility index (Phi) is 5.66. The number of amides is 1. The number of halogens is 1. The van der Waals surface area contributed by atoms with E-state index in [1.165, 1.54) is 24.6 Å². The minimum atomic E-state index is 0.0928. The lowest BCUT2D eigenvalue weighted by Gasteiger charge is -2.13. The number of benzene rings is 1. The molecule has 4 nitrogen and oxygen atoms in total. The molecule has 1 saturated carbocycles. The van der Waals surface area contributed by atoms with Crippen molar-refractivity contribution in [3.05, 3.63) is 34.9 Å². The molecule has 0 unspecified atom stereocenters. The molecule has 6 heteroatoms. The zero-order chi connectivity index (χ0) is 17.1. The summed E-state index contributed by atoms with van der Waals surface area (Å²) in [5.41, 5.74) is 2.21. The predicted molar refractivity (Wildman–Crippen MR) is 102 cm³/mol. The first kappa shape index (κ1) is 17.5. The van der Waals surface area contributed by atoms with E-state index in [2.05, 4.69) is 56.8 Å². The highest BCUT2D eigenvalue weighted by Crippen LogP contribution is 2.32. The third-order valence-corrected chi connectivity index (χ3v) is 5.84. The first-order valence-corrected chi connectivity index (χ1v) is 10.1. The molecule has 1 aliphatic rings. The number of imidazole rings is 1. The van der Waals surface area contributed by atoms with Gasteiger partial charge in [0.2, 0.25) is 5.91 Å². The number of hydrogen-bond donors (Lipinski definition) is 1. The zero-order valence-electron chi connectivity index (χ0n) is 14.0. The molecule has 0 radical (unpaired) electrons. The van der Waals surface area contributed by atoms with Gasteiger partial charge in [-0.3, -0.25) is 4.79 Å². The molecule has 1 amide bonds. The van der Waals surface area contributed by atoms with Crippen LogP contribution in [0.4, 0.5) is 0 Å². The monoisotopic (exact) mass is 407 g/mol. The minimum absolute atomic E-state index is 0.0928. The van der Waals surface area contributed by atoms with E-state index in [-0.39, 0.29) is 5.91 Å². The molecule has 1 aromatic carbocycles. The normalized spacial score (nSPS) is 15.3. The maximum atomic E-state index is 12.1. The van der Waals surface area contributed by atoms with Crippen molar-refractivity contribution >= 4 is 33.6 Å². The number of thioether (sulfide) groups is 1. The molecule has 0 aliphatic heterocycles. The fourth-order valence-corrected chi connectivity index (χ4v) is 3.89. The van der Waals surface area contributed by atoms with Crippen LogP contribution in [0.15, 0.2) is 40.1 Å². The van der Waals surface area contributed by atoms with E-state index in [9.17, 15) is 4.79 Å². The Hall–Kier alpha value is -1.27. The maximum absolute atomic E-state index is 12.1. The Morgan fingerprint density at radius 1 is 1.42 bits per heavy atom. The summed E-state index contributed by atoms with van der Waals surface area (Å²) in [5.74, 6) is 1.18. The molecule has 0 saturated heterocycles. The molecule has 0 spiro atoms. The number of carbonyl (C=O) groups is 1. The quantitative estimate of drug-likeness (QED) is 0.694. The minimum Gasteiger partial charge on any atom is -0.353 e. The lowest BCUT2D eigenvalue weighted by Crippen LogP contribution is -2.35. The topological polar surface area (TPSA) is 46.9 Å². The molecule has 1 N–H and O–H groups in total. The first-order valence-electron chi connectivity index (χ1n) is 8.32. The molecule has 1 aromatic heterocycles. The average Bonchev–Trinajstić information content (AvgIpc) is 3.34. The predicted octanol–water partition coefficient (Wildman–Crippen LogP) is 4.34. The average molecular weight is 408 g/mol. The van der Waals surface area contributed by atoms with Crippen molar-refractivity contribution < 1.29 is 4.79 Å². The summed E-state index contributed by atoms with van der Waals surface area (Å²) in [4.78, 5) is 16.6. The van der Waals surface area contributed by atoms with Gasteiger partial charge in [-0.2, -0.15) is 0 Å². The van der Waals surface area contributed by atoms with Crippen LogP contribution in [0, 0.1) is 5.92 Å². The van der Waals surface area contributed by atoms with Gasteiger partial charge in [-0.1, -0.05) is 39.8 Å². The molecule has 1 atom stereocenters. The summed E-state index contributed by atoms with van der Waals surface area (Å²) in [7, 11) is 0. The van der Waals surface area contributed by atoms with Crippen molar-refractivity contribution in [2.45, 2.75) is 44.4 Å². The fourth-order valence-electron chi connectivity index (χ4n) is 2.77. The number of hydrogen-bond acceptors (Lipinski definition) is 3. The van der Waals surface area contributed by atoms with E-state index in [0.717, 1.165) is 27.4 Å². The van der Waals surface area contributed by atoms with E-state index in [4.69, 9.17) is 0 Å². The second-order valence-corrected chi connectivity index (χ2v) is 8.02. The van der Waals surface area contributed by atoms with Crippen LogP contribution in [0.25, 0.3) is 11.3 Å². The van der Waals surface area contributed by atoms with Crippen LogP contribution >= 0.6 is 27.7 Å². The Morgan fingerprint density at radius 2 is 2.12 bits per heavy atom. The van der Waals surface area contributed by atoms with Gasteiger partial charge in [0.1, 0.15) is 0 Å². The molecule has 128 valence electrons. The highest BCUT2D eigenvalue weighted by molar-refractivity contribution is 9.10. The molecule has 3 rings (SSSR count). The number of rotatable bonds is 7. The number of nitrogens with one attached hydrogen (secondary N) is 1. The molecule has 0 bridgehead atoms. The maximum Gasteiger partial charge on any atom is 0.230 e. The van der Waals surface area contributed by atoms with Crippen LogP contribution in [-0.2, 0) is 11.3 Å². The smallest absolute Gasteiger partial charge is 0.230 e. The van der Waals surface area contributed by atoms with E-state index in [1.807, 2.05) is 18.3 Å². The zero-order valence-corrected chi connectivity index (χ0v) is 16.4. The Labute approximate surface area is 155 Å². The second-order valence-electron chi connectivity index (χ2n) is 6.16. The van der Waals surface area contributed by atoms with Crippen LogP contribution < -0.4 is 5.32 Å². The Balaban J connectivity index is 1.65. The highest BCUT2D eigenvalue weighted by atomic mass is 79.9. The van der Waals surface area contributed by atoms with Crippen molar-refractivity contribution in [3.63, 3.8) is 0 Å².